The number of rotatable bonds is 2. The molecule has 0 N–H and O–H groups in total. The van der Waals surface area contributed by atoms with Gasteiger partial charge in [0, 0.05) is 23.4 Å². The zero-order valence-electron chi connectivity index (χ0n) is 19.2. The minimum Gasteiger partial charge on any atom is -0.273 e. The fraction of sp³-hybridized carbons (Fsp3) is 0.667. The molecule has 5 heteroatoms. The average Bonchev–Trinajstić information content (AvgIpc) is 3.32. The van der Waals surface area contributed by atoms with E-state index in [-0.39, 0.29) is 17.5 Å². The third kappa shape index (κ3) is 3.22. The number of benzene rings is 1. The van der Waals surface area contributed by atoms with Crippen LogP contribution < -0.4 is 4.90 Å². The number of carbonyl (C=O) groups is 1. The molecule has 2 atom stereocenters. The lowest BCUT2D eigenvalue weighted by Crippen LogP contribution is -2.61. The van der Waals surface area contributed by atoms with Gasteiger partial charge in [-0.3, -0.25) is 9.69 Å². The first-order chi connectivity index (χ1) is 15.8. The van der Waals surface area contributed by atoms with Crippen molar-refractivity contribution in [1.82, 2.24) is 14.8 Å². The number of hydrogen-bond donors (Lipinski definition) is 0. The molecule has 1 amide bonds. The minimum atomic E-state index is 0.0616. The van der Waals surface area contributed by atoms with Gasteiger partial charge in [0.25, 0.3) is 5.91 Å². The van der Waals surface area contributed by atoms with Crippen molar-refractivity contribution in [3.63, 3.8) is 0 Å². The second-order valence-corrected chi connectivity index (χ2v) is 10.7. The Bertz CT molecular complexity index is 955. The molecule has 0 saturated heterocycles. The fourth-order valence-corrected chi connectivity index (χ4v) is 7.37. The summed E-state index contributed by atoms with van der Waals surface area (Å²) in [4.78, 5) is 21.2. The predicted molar refractivity (Wildman–Crippen MR) is 126 cm³/mol. The number of anilines is 1. The summed E-state index contributed by atoms with van der Waals surface area (Å²) < 4.78 is 2.30. The Morgan fingerprint density at radius 3 is 2.31 bits per heavy atom. The van der Waals surface area contributed by atoms with Crippen molar-refractivity contribution in [2.45, 2.75) is 107 Å². The highest BCUT2D eigenvalue weighted by atomic mass is 16.2. The Balaban J connectivity index is 1.50. The predicted octanol–water partition coefficient (Wildman–Crippen LogP) is 6.20. The van der Waals surface area contributed by atoms with Crippen LogP contribution in [0.15, 0.2) is 30.3 Å². The maximum atomic E-state index is 13.9. The summed E-state index contributed by atoms with van der Waals surface area (Å²) in [6, 6.07) is 10.1. The normalized spacial score (nSPS) is 27.7. The van der Waals surface area contributed by atoms with Gasteiger partial charge in [-0.15, -0.1) is 0 Å². The van der Waals surface area contributed by atoms with E-state index in [0.29, 0.717) is 11.8 Å². The molecular weight excluding hydrogens is 396 g/mol. The molecule has 1 aliphatic heterocycles. The molecule has 3 aliphatic carbocycles. The molecule has 0 radical (unpaired) electrons. The molecule has 32 heavy (non-hydrogen) atoms. The minimum absolute atomic E-state index is 0.0616. The summed E-state index contributed by atoms with van der Waals surface area (Å²) in [5, 5.41) is 5.28. The third-order valence-corrected chi connectivity index (χ3v) is 8.92. The molecule has 1 aromatic carbocycles. The number of hydrogen-bond acceptors (Lipinski definition) is 3. The van der Waals surface area contributed by atoms with Crippen LogP contribution in [0.3, 0.4) is 0 Å². The van der Waals surface area contributed by atoms with Gasteiger partial charge in [0.05, 0.1) is 5.54 Å². The van der Waals surface area contributed by atoms with Crippen molar-refractivity contribution >= 4 is 11.9 Å². The largest absolute Gasteiger partial charge is 0.273 e. The van der Waals surface area contributed by atoms with Crippen molar-refractivity contribution in [1.29, 1.82) is 0 Å². The van der Waals surface area contributed by atoms with E-state index < -0.39 is 0 Å². The molecule has 3 fully saturated rings. The van der Waals surface area contributed by atoms with Crippen molar-refractivity contribution < 1.29 is 4.79 Å². The number of nitrogens with zero attached hydrogens (tertiary/aromatic N) is 4. The molecule has 170 valence electrons. The van der Waals surface area contributed by atoms with Crippen LogP contribution in [0.1, 0.15) is 112 Å². The standard InChI is InChI=1S/C27H36N4O/c32-25(21-14-6-2-7-15-21)30-23-17-9-8-16-22(23)27(18-10-3-11-19-27)31-26(30)28-24(29-31)20-12-4-1-5-13-20/h2,6-7,14-15,20,22-23H,1,3-5,8-13,16-19H2. The highest BCUT2D eigenvalue weighted by molar-refractivity contribution is 6.05. The quantitative estimate of drug-likeness (QED) is 0.567. The van der Waals surface area contributed by atoms with Gasteiger partial charge in [-0.1, -0.05) is 69.6 Å². The number of aromatic nitrogens is 3. The molecule has 0 bridgehead atoms. The topological polar surface area (TPSA) is 51.0 Å². The second-order valence-electron chi connectivity index (χ2n) is 10.7. The van der Waals surface area contributed by atoms with Gasteiger partial charge in [0.15, 0.2) is 5.82 Å². The van der Waals surface area contributed by atoms with E-state index in [9.17, 15) is 4.79 Å². The summed E-state index contributed by atoms with van der Waals surface area (Å²) >= 11 is 0. The molecule has 1 spiro atoms. The molecule has 2 unspecified atom stereocenters. The molecule has 2 heterocycles. The second kappa shape index (κ2) is 8.31. The van der Waals surface area contributed by atoms with E-state index in [2.05, 4.69) is 9.58 Å². The smallest absolute Gasteiger partial charge is 0.260 e. The van der Waals surface area contributed by atoms with Crippen molar-refractivity contribution in [2.24, 2.45) is 5.92 Å². The molecule has 6 rings (SSSR count). The van der Waals surface area contributed by atoms with Crippen LogP contribution in [0, 0.1) is 5.92 Å². The highest BCUT2D eigenvalue weighted by Crippen LogP contribution is 2.53. The zero-order chi connectivity index (χ0) is 21.5. The van der Waals surface area contributed by atoms with Crippen molar-refractivity contribution in [3.8, 4) is 0 Å². The Hall–Kier alpha value is -2.17. The molecule has 4 aliphatic rings. The zero-order valence-corrected chi connectivity index (χ0v) is 19.2. The van der Waals surface area contributed by atoms with Crippen LogP contribution in [-0.4, -0.2) is 26.7 Å². The van der Waals surface area contributed by atoms with E-state index in [4.69, 9.17) is 10.1 Å². The van der Waals surface area contributed by atoms with Gasteiger partial charge < -0.3 is 0 Å². The monoisotopic (exact) mass is 432 g/mol. The van der Waals surface area contributed by atoms with Crippen LogP contribution in [-0.2, 0) is 5.54 Å². The first-order valence-corrected chi connectivity index (χ1v) is 13.1. The Morgan fingerprint density at radius 2 is 1.53 bits per heavy atom. The number of amides is 1. The fourth-order valence-electron chi connectivity index (χ4n) is 7.37. The average molecular weight is 433 g/mol. The number of carbonyl (C=O) groups excluding carboxylic acids is 1. The van der Waals surface area contributed by atoms with Gasteiger partial charge >= 0.3 is 0 Å². The van der Waals surface area contributed by atoms with Crippen LogP contribution >= 0.6 is 0 Å². The Morgan fingerprint density at radius 1 is 0.844 bits per heavy atom. The van der Waals surface area contributed by atoms with Crippen molar-refractivity contribution in [2.75, 3.05) is 4.90 Å². The summed E-state index contributed by atoms with van der Waals surface area (Å²) in [5.41, 5.74) is 0.830. The first-order valence-electron chi connectivity index (χ1n) is 13.1. The summed E-state index contributed by atoms with van der Waals surface area (Å²) in [6.45, 7) is 0. The van der Waals surface area contributed by atoms with Gasteiger partial charge in [0.1, 0.15) is 0 Å². The lowest BCUT2D eigenvalue weighted by Gasteiger charge is -2.55. The SMILES string of the molecule is O=C(c1ccccc1)N1c2nc(C3CCCCC3)nn2C2(CCCCC2)C2CCCCC21. The summed E-state index contributed by atoms with van der Waals surface area (Å²) in [6.07, 6.45) is 17.3. The first kappa shape index (κ1) is 20.4. The van der Waals surface area contributed by atoms with Gasteiger partial charge in [-0.25, -0.2) is 4.68 Å². The highest BCUT2D eigenvalue weighted by Gasteiger charge is 2.55. The van der Waals surface area contributed by atoms with Crippen LogP contribution in [0.5, 0.6) is 0 Å². The van der Waals surface area contributed by atoms with Crippen molar-refractivity contribution in [3.05, 3.63) is 41.7 Å². The number of fused-ring (bicyclic) bond motifs is 4. The van der Waals surface area contributed by atoms with Gasteiger partial charge in [-0.05, 0) is 50.7 Å². The van der Waals surface area contributed by atoms with E-state index in [0.717, 1.165) is 23.8 Å². The van der Waals surface area contributed by atoms with E-state index >= 15 is 0 Å². The van der Waals surface area contributed by atoms with Crippen LogP contribution in [0.25, 0.3) is 0 Å². The maximum Gasteiger partial charge on any atom is 0.260 e. The maximum absolute atomic E-state index is 13.9. The lowest BCUT2D eigenvalue weighted by atomic mass is 9.64. The Labute approximate surface area is 191 Å². The Kier molecular flexibility index (Phi) is 5.31. The molecular formula is C27H36N4O. The van der Waals surface area contributed by atoms with E-state index in [1.54, 1.807) is 0 Å². The van der Waals surface area contributed by atoms with Gasteiger partial charge in [0.2, 0.25) is 5.95 Å². The van der Waals surface area contributed by atoms with Crippen LogP contribution in [0.2, 0.25) is 0 Å². The van der Waals surface area contributed by atoms with Crippen LogP contribution in [0.4, 0.5) is 5.95 Å². The van der Waals surface area contributed by atoms with Gasteiger partial charge in [-0.2, -0.15) is 10.1 Å². The molecule has 2 aromatic rings. The summed E-state index contributed by atoms with van der Waals surface area (Å²) in [7, 11) is 0. The molecule has 1 aromatic heterocycles. The van der Waals surface area contributed by atoms with E-state index in [1.165, 1.54) is 83.5 Å². The third-order valence-electron chi connectivity index (χ3n) is 8.92. The van der Waals surface area contributed by atoms with E-state index in [1.807, 2.05) is 30.3 Å². The molecule has 3 saturated carbocycles. The molecule has 5 nitrogen and oxygen atoms in total. The lowest BCUT2D eigenvalue weighted by molar-refractivity contribution is 0.0309. The summed E-state index contributed by atoms with van der Waals surface area (Å²) in [5.74, 6) is 2.92.